The molecule has 0 radical (unpaired) electrons. The Kier molecular flexibility index (Phi) is 3.09. The van der Waals surface area contributed by atoms with Gasteiger partial charge in [0, 0.05) is 23.0 Å². The van der Waals surface area contributed by atoms with E-state index in [-0.39, 0.29) is 11.5 Å². The van der Waals surface area contributed by atoms with Gasteiger partial charge in [0.05, 0.1) is 5.69 Å². The highest BCUT2D eigenvalue weighted by molar-refractivity contribution is 5.62. The molecule has 2 aromatic heterocycles. The Morgan fingerprint density at radius 2 is 1.94 bits per heavy atom. The molecule has 0 bridgehead atoms. The molecule has 3 heteroatoms. The number of aromatic amines is 1. The number of aromatic nitrogens is 2. The third kappa shape index (κ3) is 2.44. The summed E-state index contributed by atoms with van der Waals surface area (Å²) in [7, 11) is 0. The van der Waals surface area contributed by atoms with Gasteiger partial charge in [0.2, 0.25) is 5.56 Å². The number of nitrogens with one attached hydrogen (secondary N) is 1. The Morgan fingerprint density at radius 1 is 1.18 bits per heavy atom. The number of aryl methyl sites for hydroxylation is 1. The summed E-state index contributed by atoms with van der Waals surface area (Å²) in [6.45, 7) is 6.08. The van der Waals surface area contributed by atoms with Gasteiger partial charge in [-0.2, -0.15) is 0 Å². The van der Waals surface area contributed by atoms with Crippen molar-refractivity contribution in [3.05, 3.63) is 52.1 Å². The van der Waals surface area contributed by atoms with Gasteiger partial charge in [0.15, 0.2) is 0 Å². The summed E-state index contributed by atoms with van der Waals surface area (Å²) in [5.74, 6) is 0.265. The van der Waals surface area contributed by atoms with Crippen molar-refractivity contribution in [2.75, 3.05) is 0 Å². The Morgan fingerprint density at radius 3 is 2.59 bits per heavy atom. The van der Waals surface area contributed by atoms with Crippen LogP contribution < -0.4 is 5.56 Å². The van der Waals surface area contributed by atoms with Crippen molar-refractivity contribution in [3.8, 4) is 11.3 Å². The van der Waals surface area contributed by atoms with E-state index in [0.29, 0.717) is 0 Å². The van der Waals surface area contributed by atoms with Gasteiger partial charge < -0.3 is 4.98 Å². The molecule has 0 aliphatic carbocycles. The number of hydrogen-bond donors (Lipinski definition) is 1. The summed E-state index contributed by atoms with van der Waals surface area (Å²) in [5, 5.41) is 0. The van der Waals surface area contributed by atoms with Crippen LogP contribution in [0.2, 0.25) is 0 Å². The van der Waals surface area contributed by atoms with Crippen molar-refractivity contribution in [3.63, 3.8) is 0 Å². The fourth-order valence-electron chi connectivity index (χ4n) is 1.86. The molecule has 0 aliphatic heterocycles. The Labute approximate surface area is 101 Å². The van der Waals surface area contributed by atoms with Crippen LogP contribution in [0.15, 0.2) is 35.1 Å². The Hall–Kier alpha value is -1.90. The van der Waals surface area contributed by atoms with Gasteiger partial charge in [-0.05, 0) is 31.0 Å². The summed E-state index contributed by atoms with van der Waals surface area (Å²) in [6, 6.07) is 9.30. The molecule has 0 unspecified atom stereocenters. The molecule has 17 heavy (non-hydrogen) atoms. The highest BCUT2D eigenvalue weighted by atomic mass is 16.1. The summed E-state index contributed by atoms with van der Waals surface area (Å²) in [6.07, 6.45) is 0. The van der Waals surface area contributed by atoms with Gasteiger partial charge in [0.1, 0.15) is 0 Å². The molecule has 0 saturated heterocycles. The first kappa shape index (κ1) is 11.6. The van der Waals surface area contributed by atoms with Crippen molar-refractivity contribution < 1.29 is 0 Å². The van der Waals surface area contributed by atoms with Gasteiger partial charge >= 0.3 is 0 Å². The van der Waals surface area contributed by atoms with Crippen LogP contribution in [0.1, 0.15) is 31.2 Å². The molecule has 2 rings (SSSR count). The molecule has 0 atom stereocenters. The van der Waals surface area contributed by atoms with Crippen LogP contribution in [0.4, 0.5) is 0 Å². The van der Waals surface area contributed by atoms with Crippen molar-refractivity contribution in [2.45, 2.75) is 26.7 Å². The second-order valence-electron chi connectivity index (χ2n) is 4.47. The van der Waals surface area contributed by atoms with E-state index < -0.39 is 0 Å². The molecular formula is C14H16N2O. The summed E-state index contributed by atoms with van der Waals surface area (Å²) >= 11 is 0. The maximum Gasteiger partial charge on any atom is 0.248 e. The normalized spacial score (nSPS) is 10.8. The van der Waals surface area contributed by atoms with E-state index in [1.807, 2.05) is 31.2 Å². The highest BCUT2D eigenvalue weighted by Crippen LogP contribution is 2.24. The number of rotatable bonds is 2. The van der Waals surface area contributed by atoms with Crippen LogP contribution in [0.5, 0.6) is 0 Å². The second kappa shape index (κ2) is 4.53. The minimum Gasteiger partial charge on any atom is -0.325 e. The van der Waals surface area contributed by atoms with Gasteiger partial charge in [-0.15, -0.1) is 0 Å². The summed E-state index contributed by atoms with van der Waals surface area (Å²) < 4.78 is 0. The minimum absolute atomic E-state index is 0.0647. The molecule has 0 spiro atoms. The van der Waals surface area contributed by atoms with Crippen molar-refractivity contribution in [1.82, 2.24) is 9.97 Å². The average molecular weight is 228 g/mol. The predicted octanol–water partition coefficient (Wildman–Crippen LogP) is 2.87. The molecule has 0 aromatic carbocycles. The smallest absolute Gasteiger partial charge is 0.248 e. The van der Waals surface area contributed by atoms with Crippen LogP contribution in [-0.4, -0.2) is 9.97 Å². The van der Waals surface area contributed by atoms with Crippen molar-refractivity contribution in [1.29, 1.82) is 0 Å². The molecule has 0 amide bonds. The van der Waals surface area contributed by atoms with Crippen LogP contribution >= 0.6 is 0 Å². The zero-order chi connectivity index (χ0) is 12.4. The number of nitrogens with zero attached hydrogens (tertiary/aromatic N) is 1. The molecule has 0 saturated carbocycles. The number of H-pyrrole nitrogens is 1. The van der Waals surface area contributed by atoms with E-state index in [0.717, 1.165) is 22.6 Å². The third-order valence-corrected chi connectivity index (χ3v) is 2.69. The number of hydrogen-bond acceptors (Lipinski definition) is 2. The lowest BCUT2D eigenvalue weighted by Crippen LogP contribution is -2.10. The van der Waals surface area contributed by atoms with E-state index >= 15 is 0 Å². The SMILES string of the molecule is Cc1cccc(-c2ccc(=O)[nH]c2C(C)C)n1. The lowest BCUT2D eigenvalue weighted by atomic mass is 10.0. The first-order valence-electron chi connectivity index (χ1n) is 5.75. The van der Waals surface area contributed by atoms with E-state index in [2.05, 4.69) is 23.8 Å². The zero-order valence-electron chi connectivity index (χ0n) is 10.3. The van der Waals surface area contributed by atoms with E-state index in [1.165, 1.54) is 0 Å². The third-order valence-electron chi connectivity index (χ3n) is 2.69. The molecule has 2 heterocycles. The molecule has 3 nitrogen and oxygen atoms in total. The monoisotopic (exact) mass is 228 g/mol. The van der Waals surface area contributed by atoms with Crippen LogP contribution in [0, 0.1) is 6.92 Å². The fraction of sp³-hybridized carbons (Fsp3) is 0.286. The van der Waals surface area contributed by atoms with Crippen molar-refractivity contribution in [2.24, 2.45) is 0 Å². The summed E-state index contributed by atoms with van der Waals surface area (Å²) in [5.41, 5.74) is 3.76. The van der Waals surface area contributed by atoms with E-state index in [1.54, 1.807) is 6.07 Å². The lowest BCUT2D eigenvalue weighted by molar-refractivity contribution is 0.817. The second-order valence-corrected chi connectivity index (χ2v) is 4.47. The van der Waals surface area contributed by atoms with Gasteiger partial charge in [-0.1, -0.05) is 19.9 Å². The zero-order valence-corrected chi connectivity index (χ0v) is 10.3. The lowest BCUT2D eigenvalue weighted by Gasteiger charge is -2.11. The molecule has 0 aliphatic rings. The fourth-order valence-corrected chi connectivity index (χ4v) is 1.86. The maximum atomic E-state index is 11.4. The topological polar surface area (TPSA) is 45.8 Å². The average Bonchev–Trinajstić information content (AvgIpc) is 2.28. The Balaban J connectivity index is 2.63. The highest BCUT2D eigenvalue weighted by Gasteiger charge is 2.10. The van der Waals surface area contributed by atoms with Gasteiger partial charge in [-0.3, -0.25) is 9.78 Å². The molecule has 88 valence electrons. The minimum atomic E-state index is -0.0647. The quantitative estimate of drug-likeness (QED) is 0.859. The molecule has 2 aromatic rings. The molecular weight excluding hydrogens is 212 g/mol. The van der Waals surface area contributed by atoms with E-state index in [9.17, 15) is 4.79 Å². The van der Waals surface area contributed by atoms with Crippen molar-refractivity contribution >= 4 is 0 Å². The predicted molar refractivity (Wildman–Crippen MR) is 69.1 cm³/mol. The van der Waals surface area contributed by atoms with Gasteiger partial charge in [-0.25, -0.2) is 0 Å². The summed E-state index contributed by atoms with van der Waals surface area (Å²) in [4.78, 5) is 18.8. The van der Waals surface area contributed by atoms with Crippen LogP contribution in [0.3, 0.4) is 0 Å². The van der Waals surface area contributed by atoms with Crippen LogP contribution in [-0.2, 0) is 0 Å². The Bertz CT molecular complexity index is 585. The van der Waals surface area contributed by atoms with Crippen LogP contribution in [0.25, 0.3) is 11.3 Å². The first-order valence-corrected chi connectivity index (χ1v) is 5.75. The first-order chi connectivity index (χ1) is 8.08. The van der Waals surface area contributed by atoms with E-state index in [4.69, 9.17) is 0 Å². The van der Waals surface area contributed by atoms with Gasteiger partial charge in [0.25, 0.3) is 0 Å². The number of pyridine rings is 2. The largest absolute Gasteiger partial charge is 0.325 e. The molecule has 0 fully saturated rings. The maximum absolute atomic E-state index is 11.4. The standard InChI is InChI=1S/C14H16N2O/c1-9(2)14-11(7-8-13(17)16-14)12-6-4-5-10(3)15-12/h4-9H,1-3H3,(H,16,17). The molecule has 1 N–H and O–H groups in total.